The van der Waals surface area contributed by atoms with Gasteiger partial charge in [0.25, 0.3) is 5.91 Å². The van der Waals surface area contributed by atoms with Crippen LogP contribution in [-0.4, -0.2) is 21.3 Å². The first kappa shape index (κ1) is 17.8. The molecule has 1 aliphatic rings. The van der Waals surface area contributed by atoms with Crippen molar-refractivity contribution in [2.45, 2.75) is 20.0 Å². The maximum Gasteiger partial charge on any atom is 0.263 e. The number of furan rings is 1. The maximum absolute atomic E-state index is 11.8. The molecule has 136 valence electrons. The molecule has 4 rings (SSSR count). The van der Waals surface area contributed by atoms with Crippen LogP contribution in [0.2, 0.25) is 0 Å². The van der Waals surface area contributed by atoms with Gasteiger partial charge in [0, 0.05) is 29.4 Å². The van der Waals surface area contributed by atoms with Crippen molar-refractivity contribution in [3.05, 3.63) is 53.4 Å². The summed E-state index contributed by atoms with van der Waals surface area (Å²) in [7, 11) is 0. The third-order valence-electron chi connectivity index (χ3n) is 3.89. The molecule has 2 aromatic heterocycles. The molecule has 1 fully saturated rings. The number of thiocarbonyl (C=S) groups is 1. The molecular weight excluding hydrogens is 380 g/mol. The largest absolute Gasteiger partial charge is 0.491 e. The number of rotatable bonds is 4. The van der Waals surface area contributed by atoms with Crippen molar-refractivity contribution in [2.75, 3.05) is 0 Å². The van der Waals surface area contributed by atoms with Crippen LogP contribution >= 0.6 is 24.0 Å². The zero-order valence-corrected chi connectivity index (χ0v) is 16.3. The number of fused-ring (bicyclic) bond motifs is 1. The van der Waals surface area contributed by atoms with Crippen LogP contribution in [-0.2, 0) is 4.79 Å². The van der Waals surface area contributed by atoms with Gasteiger partial charge in [0.1, 0.15) is 21.4 Å². The van der Waals surface area contributed by atoms with Crippen LogP contribution < -0.4 is 10.1 Å². The summed E-state index contributed by atoms with van der Waals surface area (Å²) in [4.78, 5) is 16.7. The van der Waals surface area contributed by atoms with Gasteiger partial charge in [0.15, 0.2) is 0 Å². The Balaban J connectivity index is 1.70. The summed E-state index contributed by atoms with van der Waals surface area (Å²) in [6, 6.07) is 9.69. The molecule has 1 aromatic carbocycles. The van der Waals surface area contributed by atoms with Gasteiger partial charge < -0.3 is 14.5 Å². The van der Waals surface area contributed by atoms with E-state index in [0.29, 0.717) is 15.0 Å². The number of benzene rings is 1. The molecule has 0 bridgehead atoms. The van der Waals surface area contributed by atoms with Gasteiger partial charge in [-0.15, -0.1) is 0 Å². The lowest BCUT2D eigenvalue weighted by Gasteiger charge is -2.10. The van der Waals surface area contributed by atoms with Gasteiger partial charge in [0.05, 0.1) is 11.0 Å². The maximum atomic E-state index is 11.8. The lowest BCUT2D eigenvalue weighted by Crippen LogP contribution is -2.17. The number of amides is 1. The summed E-state index contributed by atoms with van der Waals surface area (Å²) in [5.41, 5.74) is 2.58. The van der Waals surface area contributed by atoms with Gasteiger partial charge in [0.2, 0.25) is 0 Å². The highest BCUT2D eigenvalue weighted by Crippen LogP contribution is 2.33. The second kappa shape index (κ2) is 7.17. The lowest BCUT2D eigenvalue weighted by atomic mass is 10.1. The number of carbonyl (C=O) groups is 1. The monoisotopic (exact) mass is 396 g/mol. The van der Waals surface area contributed by atoms with Gasteiger partial charge in [-0.1, -0.05) is 36.1 Å². The number of hydrogen-bond donors (Lipinski definition) is 1. The van der Waals surface area contributed by atoms with E-state index < -0.39 is 0 Å². The molecule has 0 saturated carbocycles. The van der Waals surface area contributed by atoms with Crippen molar-refractivity contribution in [2.24, 2.45) is 0 Å². The standard InChI is InChI=1S/C20H16N2O3S2/c1-11(2)24-14-5-3-12(4-6-14)16-10-21-9-13-7-15(25-18(13)16)8-17-19(23)22-20(26)27-17/h3-11H,1-2H3,(H,22,23,26)/b17-8-. The Morgan fingerprint density at radius 3 is 2.70 bits per heavy atom. The molecule has 0 spiro atoms. The highest BCUT2D eigenvalue weighted by atomic mass is 32.2. The first-order valence-corrected chi connectivity index (χ1v) is 9.61. The van der Waals surface area contributed by atoms with Crippen LogP contribution in [0, 0.1) is 0 Å². The van der Waals surface area contributed by atoms with E-state index in [1.54, 1.807) is 18.5 Å². The molecule has 0 radical (unpaired) electrons. The Morgan fingerprint density at radius 1 is 1.26 bits per heavy atom. The molecule has 0 unspecified atom stereocenters. The molecule has 5 nitrogen and oxygen atoms in total. The van der Waals surface area contributed by atoms with Crippen molar-refractivity contribution < 1.29 is 13.9 Å². The number of nitrogens with one attached hydrogen (secondary N) is 1. The molecule has 0 aliphatic carbocycles. The first-order valence-electron chi connectivity index (χ1n) is 8.39. The molecule has 3 aromatic rings. The van der Waals surface area contributed by atoms with Gasteiger partial charge in [-0.25, -0.2) is 0 Å². The van der Waals surface area contributed by atoms with Crippen molar-refractivity contribution >= 4 is 51.3 Å². The summed E-state index contributed by atoms with van der Waals surface area (Å²) < 4.78 is 12.2. The fraction of sp³-hybridized carbons (Fsp3) is 0.150. The van der Waals surface area contributed by atoms with Crippen molar-refractivity contribution in [1.82, 2.24) is 10.3 Å². The molecule has 1 saturated heterocycles. The van der Waals surface area contributed by atoms with E-state index in [4.69, 9.17) is 21.4 Å². The molecule has 27 heavy (non-hydrogen) atoms. The third kappa shape index (κ3) is 3.74. The molecule has 1 N–H and O–H groups in total. The van der Waals surface area contributed by atoms with Crippen LogP contribution in [0.5, 0.6) is 5.75 Å². The van der Waals surface area contributed by atoms with E-state index in [9.17, 15) is 4.79 Å². The van der Waals surface area contributed by atoms with Crippen molar-refractivity contribution in [3.8, 4) is 16.9 Å². The SMILES string of the molecule is CC(C)Oc1ccc(-c2cncc3cc(/C=C4\SC(=S)NC4=O)oc23)cc1. The van der Waals surface area contributed by atoms with Gasteiger partial charge in [-0.2, -0.15) is 0 Å². The first-order chi connectivity index (χ1) is 13.0. The molecule has 0 atom stereocenters. The normalized spacial score (nSPS) is 15.7. The molecular formula is C20H16N2O3S2. The molecule has 3 heterocycles. The van der Waals surface area contributed by atoms with E-state index in [1.165, 1.54) is 11.8 Å². The van der Waals surface area contributed by atoms with Crippen LogP contribution in [0.4, 0.5) is 0 Å². The van der Waals surface area contributed by atoms with Crippen LogP contribution in [0.1, 0.15) is 19.6 Å². The van der Waals surface area contributed by atoms with Crippen molar-refractivity contribution in [1.29, 1.82) is 0 Å². The third-order valence-corrected chi connectivity index (χ3v) is 5.06. The predicted octanol–water partition coefficient (Wildman–Crippen LogP) is 4.77. The number of thioether (sulfide) groups is 1. The molecule has 1 aliphatic heterocycles. The Morgan fingerprint density at radius 2 is 2.04 bits per heavy atom. The molecule has 7 heteroatoms. The van der Waals surface area contributed by atoms with Gasteiger partial charge >= 0.3 is 0 Å². The summed E-state index contributed by atoms with van der Waals surface area (Å²) in [5, 5.41) is 3.47. The van der Waals surface area contributed by atoms with E-state index in [-0.39, 0.29) is 12.0 Å². The minimum atomic E-state index is -0.204. The highest BCUT2D eigenvalue weighted by molar-refractivity contribution is 8.26. The average molecular weight is 396 g/mol. The fourth-order valence-electron chi connectivity index (χ4n) is 2.79. The van der Waals surface area contributed by atoms with E-state index in [0.717, 1.165) is 27.8 Å². The second-order valence-corrected chi connectivity index (χ2v) is 8.02. The topological polar surface area (TPSA) is 64.4 Å². The number of nitrogens with zero attached hydrogens (tertiary/aromatic N) is 1. The number of carbonyl (C=O) groups excluding carboxylic acids is 1. The summed E-state index contributed by atoms with van der Waals surface area (Å²) in [6.45, 7) is 3.99. The van der Waals surface area contributed by atoms with Crippen molar-refractivity contribution in [3.63, 3.8) is 0 Å². The number of aromatic nitrogens is 1. The van der Waals surface area contributed by atoms with Crippen LogP contribution in [0.25, 0.3) is 28.2 Å². The number of pyridine rings is 1. The van der Waals surface area contributed by atoms with E-state index >= 15 is 0 Å². The Bertz CT molecular complexity index is 1070. The lowest BCUT2D eigenvalue weighted by molar-refractivity contribution is -0.115. The summed E-state index contributed by atoms with van der Waals surface area (Å²) in [5.74, 6) is 1.20. The fourth-order valence-corrected chi connectivity index (χ4v) is 3.82. The summed E-state index contributed by atoms with van der Waals surface area (Å²) in [6.07, 6.45) is 5.34. The molecule has 1 amide bonds. The highest BCUT2D eigenvalue weighted by Gasteiger charge is 2.22. The smallest absolute Gasteiger partial charge is 0.263 e. The predicted molar refractivity (Wildman–Crippen MR) is 112 cm³/mol. The Kier molecular flexibility index (Phi) is 4.72. The van der Waals surface area contributed by atoms with Gasteiger partial charge in [-0.05, 0) is 37.6 Å². The average Bonchev–Trinajstić information content (AvgIpc) is 3.17. The van der Waals surface area contributed by atoms with E-state index in [1.807, 2.05) is 44.2 Å². The minimum Gasteiger partial charge on any atom is -0.491 e. The Hall–Kier alpha value is -2.64. The zero-order chi connectivity index (χ0) is 19.0. The zero-order valence-electron chi connectivity index (χ0n) is 14.7. The number of ether oxygens (including phenoxy) is 1. The summed E-state index contributed by atoms with van der Waals surface area (Å²) >= 11 is 6.24. The minimum absolute atomic E-state index is 0.125. The van der Waals surface area contributed by atoms with Crippen LogP contribution in [0.15, 0.2) is 52.0 Å². The Labute approximate surface area is 165 Å². The van der Waals surface area contributed by atoms with Gasteiger partial charge in [-0.3, -0.25) is 9.78 Å². The second-order valence-electron chi connectivity index (χ2n) is 6.30. The van der Waals surface area contributed by atoms with E-state index in [2.05, 4.69) is 10.3 Å². The number of hydrogen-bond acceptors (Lipinski definition) is 6. The van der Waals surface area contributed by atoms with Crippen LogP contribution in [0.3, 0.4) is 0 Å². The quantitative estimate of drug-likeness (QED) is 0.506.